The first-order valence-electron chi connectivity index (χ1n) is 2.80. The van der Waals surface area contributed by atoms with Gasteiger partial charge in [-0.3, -0.25) is 4.99 Å². The molecule has 0 rings (SSSR count). The van der Waals surface area contributed by atoms with Gasteiger partial charge >= 0.3 is 6.18 Å². The molecule has 0 bridgehead atoms. The second kappa shape index (κ2) is 3.43. The van der Waals surface area contributed by atoms with Crippen molar-refractivity contribution in [3.8, 4) is 0 Å². The number of hydrogen-bond donors (Lipinski definition) is 1. The van der Waals surface area contributed by atoms with Crippen LogP contribution < -0.4 is 5.32 Å². The van der Waals surface area contributed by atoms with Crippen LogP contribution in [0.5, 0.6) is 0 Å². The predicted molar refractivity (Wildman–Crippen MR) is 33.1 cm³/mol. The Morgan fingerprint density at radius 3 is 2.10 bits per heavy atom. The van der Waals surface area contributed by atoms with Gasteiger partial charge in [0, 0.05) is 13.6 Å². The maximum Gasteiger partial charge on any atom is 0.448 e. The van der Waals surface area contributed by atoms with Gasteiger partial charge in [0.1, 0.15) is 0 Å². The molecule has 0 unspecified atom stereocenters. The quantitative estimate of drug-likeness (QED) is 0.445. The minimum absolute atomic E-state index is 0.228. The molecule has 0 fully saturated rings. The molecule has 0 aromatic heterocycles. The van der Waals surface area contributed by atoms with Crippen molar-refractivity contribution in [2.45, 2.75) is 13.1 Å². The number of nitrogens with one attached hydrogen (secondary N) is 1. The summed E-state index contributed by atoms with van der Waals surface area (Å²) in [6.07, 6.45) is -4.34. The van der Waals surface area contributed by atoms with Crippen LogP contribution in [-0.4, -0.2) is 25.6 Å². The third-order valence-corrected chi connectivity index (χ3v) is 0.836. The monoisotopic (exact) mass is 154 g/mol. The van der Waals surface area contributed by atoms with Gasteiger partial charge in [0.15, 0.2) is 0 Å². The zero-order valence-electron chi connectivity index (χ0n) is 5.79. The Morgan fingerprint density at radius 1 is 1.50 bits per heavy atom. The van der Waals surface area contributed by atoms with Crippen LogP contribution in [0.25, 0.3) is 0 Å². The fourth-order valence-electron chi connectivity index (χ4n) is 0.473. The molecule has 0 amide bonds. The zero-order chi connectivity index (χ0) is 8.20. The maximum atomic E-state index is 11.7. The number of amidine groups is 1. The van der Waals surface area contributed by atoms with Gasteiger partial charge in [-0.15, -0.1) is 0 Å². The Hall–Kier alpha value is -0.740. The standard InChI is InChI=1S/C5H9F3N2/c1-3-10-4(9-2)5(6,7)8/h3H2,1-2H3,(H,9,10). The van der Waals surface area contributed by atoms with E-state index in [1.54, 1.807) is 6.92 Å². The van der Waals surface area contributed by atoms with Gasteiger partial charge in [0.05, 0.1) is 0 Å². The van der Waals surface area contributed by atoms with Crippen LogP contribution in [0, 0.1) is 0 Å². The highest BCUT2D eigenvalue weighted by Gasteiger charge is 2.34. The summed E-state index contributed by atoms with van der Waals surface area (Å²) in [5.74, 6) is -0.921. The van der Waals surface area contributed by atoms with E-state index in [1.807, 2.05) is 0 Å². The summed E-state index contributed by atoms with van der Waals surface area (Å²) in [7, 11) is 1.10. The molecule has 0 aliphatic carbocycles. The number of hydrogen-bond acceptors (Lipinski definition) is 1. The van der Waals surface area contributed by atoms with Crippen molar-refractivity contribution in [2.24, 2.45) is 4.99 Å². The summed E-state index contributed by atoms with van der Waals surface area (Å²) in [6.45, 7) is 1.81. The van der Waals surface area contributed by atoms with E-state index in [2.05, 4.69) is 10.3 Å². The van der Waals surface area contributed by atoms with Gasteiger partial charge in [0.25, 0.3) is 0 Å². The molecular weight excluding hydrogens is 145 g/mol. The number of alkyl halides is 3. The summed E-state index contributed by atoms with van der Waals surface area (Å²) >= 11 is 0. The highest BCUT2D eigenvalue weighted by Crippen LogP contribution is 2.14. The van der Waals surface area contributed by atoms with E-state index in [9.17, 15) is 13.2 Å². The SMILES string of the molecule is CCNC(=NC)C(F)(F)F. The molecule has 60 valence electrons. The molecule has 0 aromatic carbocycles. The van der Waals surface area contributed by atoms with Crippen molar-refractivity contribution in [3.63, 3.8) is 0 Å². The number of rotatable bonds is 1. The average Bonchev–Trinajstić information content (AvgIpc) is 1.80. The molecule has 0 spiro atoms. The summed E-state index contributed by atoms with van der Waals surface area (Å²) in [5, 5.41) is 2.10. The van der Waals surface area contributed by atoms with Crippen LogP contribution in [0.4, 0.5) is 13.2 Å². The van der Waals surface area contributed by atoms with E-state index < -0.39 is 12.0 Å². The van der Waals surface area contributed by atoms with Gasteiger partial charge in [-0.05, 0) is 6.92 Å². The normalized spacial score (nSPS) is 13.5. The lowest BCUT2D eigenvalue weighted by molar-refractivity contribution is -0.0618. The van der Waals surface area contributed by atoms with Crippen molar-refractivity contribution in [3.05, 3.63) is 0 Å². The molecule has 0 saturated heterocycles. The van der Waals surface area contributed by atoms with Crippen LogP contribution in [0.15, 0.2) is 4.99 Å². The van der Waals surface area contributed by atoms with Gasteiger partial charge in [-0.2, -0.15) is 13.2 Å². The van der Waals surface area contributed by atoms with Crippen LogP contribution >= 0.6 is 0 Å². The Balaban J connectivity index is 4.10. The van der Waals surface area contributed by atoms with Gasteiger partial charge < -0.3 is 5.32 Å². The minimum Gasteiger partial charge on any atom is -0.367 e. The molecule has 1 N–H and O–H groups in total. The summed E-state index contributed by atoms with van der Waals surface area (Å²) in [4.78, 5) is 3.03. The molecule has 0 radical (unpaired) electrons. The summed E-state index contributed by atoms with van der Waals surface area (Å²) < 4.78 is 35.1. The van der Waals surface area contributed by atoms with E-state index in [4.69, 9.17) is 0 Å². The molecule has 10 heavy (non-hydrogen) atoms. The second-order valence-corrected chi connectivity index (χ2v) is 1.60. The first-order valence-corrected chi connectivity index (χ1v) is 2.80. The topological polar surface area (TPSA) is 24.4 Å². The molecule has 0 aliphatic rings. The van der Waals surface area contributed by atoms with Gasteiger partial charge in [-0.1, -0.05) is 0 Å². The largest absolute Gasteiger partial charge is 0.448 e. The Labute approximate surface area is 57.1 Å². The van der Waals surface area contributed by atoms with Crippen LogP contribution in [0.1, 0.15) is 6.92 Å². The van der Waals surface area contributed by atoms with E-state index in [-0.39, 0.29) is 6.54 Å². The lowest BCUT2D eigenvalue weighted by Gasteiger charge is -2.09. The highest BCUT2D eigenvalue weighted by atomic mass is 19.4. The van der Waals surface area contributed by atoms with Crippen molar-refractivity contribution in [2.75, 3.05) is 13.6 Å². The Kier molecular flexibility index (Phi) is 3.18. The summed E-state index contributed by atoms with van der Waals surface area (Å²) in [5.41, 5.74) is 0. The number of aliphatic imine (C=N–C) groups is 1. The Bertz CT molecular complexity index is 127. The third kappa shape index (κ3) is 2.70. The van der Waals surface area contributed by atoms with Crippen molar-refractivity contribution in [1.29, 1.82) is 0 Å². The predicted octanol–water partition coefficient (Wildman–Crippen LogP) is 1.19. The number of nitrogens with zero attached hydrogens (tertiary/aromatic N) is 1. The zero-order valence-corrected chi connectivity index (χ0v) is 5.79. The maximum absolute atomic E-state index is 11.7. The second-order valence-electron chi connectivity index (χ2n) is 1.60. The average molecular weight is 154 g/mol. The smallest absolute Gasteiger partial charge is 0.367 e. The molecule has 0 aromatic rings. The highest BCUT2D eigenvalue weighted by molar-refractivity contribution is 5.87. The van der Waals surface area contributed by atoms with Crippen LogP contribution in [-0.2, 0) is 0 Å². The molecule has 0 aliphatic heterocycles. The Morgan fingerprint density at radius 2 is 2.00 bits per heavy atom. The van der Waals surface area contributed by atoms with Gasteiger partial charge in [0.2, 0.25) is 5.84 Å². The third-order valence-electron chi connectivity index (χ3n) is 0.836. The van der Waals surface area contributed by atoms with E-state index in [0.717, 1.165) is 7.05 Å². The van der Waals surface area contributed by atoms with Crippen LogP contribution in [0.3, 0.4) is 0 Å². The first-order chi connectivity index (χ1) is 4.52. The lowest BCUT2D eigenvalue weighted by atomic mass is 10.5. The molecule has 5 heteroatoms. The summed E-state index contributed by atoms with van der Waals surface area (Å²) in [6, 6.07) is 0. The van der Waals surface area contributed by atoms with Crippen molar-refractivity contribution >= 4 is 5.84 Å². The molecular formula is C5H9F3N2. The molecule has 0 heterocycles. The van der Waals surface area contributed by atoms with E-state index in [1.165, 1.54) is 0 Å². The van der Waals surface area contributed by atoms with E-state index in [0.29, 0.717) is 0 Å². The van der Waals surface area contributed by atoms with Crippen LogP contribution in [0.2, 0.25) is 0 Å². The fraction of sp³-hybridized carbons (Fsp3) is 0.800. The minimum atomic E-state index is -4.34. The first kappa shape index (κ1) is 9.26. The molecule has 0 atom stereocenters. The van der Waals surface area contributed by atoms with Crippen molar-refractivity contribution < 1.29 is 13.2 Å². The van der Waals surface area contributed by atoms with Gasteiger partial charge in [-0.25, -0.2) is 0 Å². The number of halogens is 3. The molecule has 2 nitrogen and oxygen atoms in total. The fourth-order valence-corrected chi connectivity index (χ4v) is 0.473. The lowest BCUT2D eigenvalue weighted by Crippen LogP contribution is -2.36. The van der Waals surface area contributed by atoms with E-state index >= 15 is 0 Å². The van der Waals surface area contributed by atoms with Crippen molar-refractivity contribution in [1.82, 2.24) is 5.32 Å². The molecule has 0 saturated carbocycles.